The van der Waals surface area contributed by atoms with Gasteiger partial charge in [0, 0.05) is 19.3 Å². The number of aromatic nitrogens is 4. The molecule has 0 saturated heterocycles. The van der Waals surface area contributed by atoms with Crippen LogP contribution in [0.1, 0.15) is 36.5 Å². The first-order valence-corrected chi connectivity index (χ1v) is 11.0. The minimum Gasteiger partial charge on any atom is -0.467 e. The monoisotopic (exact) mass is 445 g/mol. The van der Waals surface area contributed by atoms with E-state index >= 15 is 0 Å². The van der Waals surface area contributed by atoms with Crippen LogP contribution >= 0.6 is 0 Å². The van der Waals surface area contributed by atoms with Gasteiger partial charge in [-0.1, -0.05) is 29.5 Å². The number of nitrogens with zero attached hydrogens (tertiary/aromatic N) is 5. The molecule has 0 unspecified atom stereocenters. The molecule has 0 aliphatic carbocycles. The Bertz CT molecular complexity index is 1140. The van der Waals surface area contributed by atoms with Crippen molar-refractivity contribution in [3.63, 3.8) is 0 Å². The van der Waals surface area contributed by atoms with Gasteiger partial charge in [-0.15, -0.1) is 5.10 Å². The van der Waals surface area contributed by atoms with Gasteiger partial charge in [-0.2, -0.15) is 0 Å². The van der Waals surface area contributed by atoms with E-state index in [1.165, 1.54) is 0 Å². The maximum Gasteiger partial charge on any atom is 0.277 e. The van der Waals surface area contributed by atoms with Crippen molar-refractivity contribution >= 4 is 5.91 Å². The number of hydrogen-bond donors (Lipinski definition) is 0. The summed E-state index contributed by atoms with van der Waals surface area (Å²) in [5, 5.41) is 8.61. The molecular formula is C25H27N5O3. The number of rotatable bonds is 10. The van der Waals surface area contributed by atoms with Gasteiger partial charge in [0.15, 0.2) is 5.69 Å². The topological polar surface area (TPSA) is 86.3 Å². The number of ether oxygens (including phenoxy) is 1. The van der Waals surface area contributed by atoms with E-state index in [9.17, 15) is 4.79 Å². The zero-order valence-electron chi connectivity index (χ0n) is 18.8. The van der Waals surface area contributed by atoms with E-state index in [2.05, 4.69) is 15.3 Å². The molecule has 0 radical (unpaired) electrons. The second-order valence-corrected chi connectivity index (χ2v) is 7.83. The molecule has 3 aromatic heterocycles. The third-order valence-electron chi connectivity index (χ3n) is 5.02. The Morgan fingerprint density at radius 2 is 1.91 bits per heavy atom. The fourth-order valence-corrected chi connectivity index (χ4v) is 3.48. The molecule has 0 bridgehead atoms. The van der Waals surface area contributed by atoms with Crippen LogP contribution in [0, 0.1) is 0 Å². The van der Waals surface area contributed by atoms with Gasteiger partial charge < -0.3 is 14.1 Å². The van der Waals surface area contributed by atoms with Crippen LogP contribution in [-0.2, 0) is 11.3 Å². The van der Waals surface area contributed by atoms with Gasteiger partial charge in [-0.25, -0.2) is 4.68 Å². The van der Waals surface area contributed by atoms with E-state index in [0.717, 1.165) is 5.69 Å². The number of carbonyl (C=O) groups excluding carboxylic acids is 1. The molecule has 1 aromatic carbocycles. The molecule has 33 heavy (non-hydrogen) atoms. The Morgan fingerprint density at radius 3 is 2.61 bits per heavy atom. The number of furan rings is 1. The summed E-state index contributed by atoms with van der Waals surface area (Å²) >= 11 is 0. The van der Waals surface area contributed by atoms with E-state index in [0.29, 0.717) is 43.3 Å². The van der Waals surface area contributed by atoms with E-state index in [1.807, 2.05) is 74.5 Å². The SMILES string of the molecule is CC(C)OCCCN(Cc1ccco1)C(=O)c1nnn(-c2ccccc2)c1-c1ccccn1. The number of amides is 1. The average molecular weight is 446 g/mol. The van der Waals surface area contributed by atoms with Crippen LogP contribution in [0.25, 0.3) is 17.1 Å². The molecular weight excluding hydrogens is 418 g/mol. The zero-order chi connectivity index (χ0) is 23.0. The van der Waals surface area contributed by atoms with Gasteiger partial charge in [0.05, 0.1) is 30.3 Å². The summed E-state index contributed by atoms with van der Waals surface area (Å²) in [7, 11) is 0. The highest BCUT2D eigenvalue weighted by atomic mass is 16.5. The fourth-order valence-electron chi connectivity index (χ4n) is 3.48. The summed E-state index contributed by atoms with van der Waals surface area (Å²) < 4.78 is 12.8. The molecule has 0 atom stereocenters. The molecule has 170 valence electrons. The maximum atomic E-state index is 13.7. The summed E-state index contributed by atoms with van der Waals surface area (Å²) in [6.07, 6.45) is 4.12. The number of para-hydroxylation sites is 1. The first-order chi connectivity index (χ1) is 16.1. The van der Waals surface area contributed by atoms with E-state index < -0.39 is 0 Å². The van der Waals surface area contributed by atoms with Gasteiger partial charge in [0.1, 0.15) is 11.5 Å². The van der Waals surface area contributed by atoms with Crippen molar-refractivity contribution in [3.8, 4) is 17.1 Å². The molecule has 0 aliphatic rings. The molecule has 0 fully saturated rings. The predicted molar refractivity (Wildman–Crippen MR) is 124 cm³/mol. The minimum atomic E-state index is -0.237. The Balaban J connectivity index is 1.68. The lowest BCUT2D eigenvalue weighted by atomic mass is 10.2. The highest BCUT2D eigenvalue weighted by molar-refractivity contribution is 5.98. The second-order valence-electron chi connectivity index (χ2n) is 7.83. The lowest BCUT2D eigenvalue weighted by molar-refractivity contribution is 0.0593. The standard InChI is InChI=1S/C25H27N5O3/c1-19(2)32-17-9-15-29(18-21-12-8-16-33-21)25(31)23-24(22-13-6-7-14-26-22)30(28-27-23)20-10-4-3-5-11-20/h3-8,10-14,16,19H,9,15,17-18H2,1-2H3. The van der Waals surface area contributed by atoms with Crippen molar-refractivity contribution in [3.05, 3.63) is 84.6 Å². The van der Waals surface area contributed by atoms with Gasteiger partial charge in [-0.05, 0) is 56.7 Å². The van der Waals surface area contributed by atoms with Crippen molar-refractivity contribution in [1.82, 2.24) is 24.9 Å². The number of carbonyl (C=O) groups is 1. The predicted octanol–water partition coefficient (Wildman–Crippen LogP) is 4.38. The van der Waals surface area contributed by atoms with Crippen molar-refractivity contribution in [1.29, 1.82) is 0 Å². The molecule has 0 spiro atoms. The lowest BCUT2D eigenvalue weighted by Crippen LogP contribution is -2.33. The smallest absolute Gasteiger partial charge is 0.277 e. The minimum absolute atomic E-state index is 0.140. The van der Waals surface area contributed by atoms with Crippen LogP contribution < -0.4 is 0 Å². The normalized spacial score (nSPS) is 11.1. The van der Waals surface area contributed by atoms with Gasteiger partial charge in [0.25, 0.3) is 5.91 Å². The number of pyridine rings is 1. The maximum absolute atomic E-state index is 13.7. The second kappa shape index (κ2) is 10.7. The van der Waals surface area contributed by atoms with E-state index in [4.69, 9.17) is 9.15 Å². The third-order valence-corrected chi connectivity index (χ3v) is 5.02. The van der Waals surface area contributed by atoms with Crippen LogP contribution in [0.2, 0.25) is 0 Å². The van der Waals surface area contributed by atoms with Crippen molar-refractivity contribution < 1.29 is 13.9 Å². The van der Waals surface area contributed by atoms with Crippen LogP contribution in [0.5, 0.6) is 0 Å². The molecule has 3 heterocycles. The van der Waals surface area contributed by atoms with Crippen LogP contribution in [0.4, 0.5) is 0 Å². The lowest BCUT2D eigenvalue weighted by Gasteiger charge is -2.21. The van der Waals surface area contributed by atoms with Gasteiger partial charge in [-0.3, -0.25) is 9.78 Å². The fraction of sp³-hybridized carbons (Fsp3) is 0.280. The van der Waals surface area contributed by atoms with Crippen LogP contribution in [0.15, 0.2) is 77.5 Å². The largest absolute Gasteiger partial charge is 0.467 e. The highest BCUT2D eigenvalue weighted by Crippen LogP contribution is 2.25. The van der Waals surface area contributed by atoms with Crippen molar-refractivity contribution in [2.75, 3.05) is 13.2 Å². The first-order valence-electron chi connectivity index (χ1n) is 11.0. The molecule has 1 amide bonds. The molecule has 8 nitrogen and oxygen atoms in total. The molecule has 8 heteroatoms. The summed E-state index contributed by atoms with van der Waals surface area (Å²) in [4.78, 5) is 19.9. The van der Waals surface area contributed by atoms with E-state index in [-0.39, 0.29) is 17.7 Å². The number of hydrogen-bond acceptors (Lipinski definition) is 6. The summed E-state index contributed by atoms with van der Waals surface area (Å²) in [6, 6.07) is 18.8. The number of benzene rings is 1. The quantitative estimate of drug-likeness (QED) is 0.337. The summed E-state index contributed by atoms with van der Waals surface area (Å²) in [5.41, 5.74) is 2.21. The zero-order valence-corrected chi connectivity index (χ0v) is 18.8. The van der Waals surface area contributed by atoms with Crippen LogP contribution in [0.3, 0.4) is 0 Å². The summed E-state index contributed by atoms with van der Waals surface area (Å²) in [5.74, 6) is 0.460. The van der Waals surface area contributed by atoms with Crippen molar-refractivity contribution in [2.45, 2.75) is 32.9 Å². The Hall–Kier alpha value is -3.78. The highest BCUT2D eigenvalue weighted by Gasteiger charge is 2.27. The Labute approximate surface area is 192 Å². The molecule has 0 saturated carbocycles. The first kappa shape index (κ1) is 22.4. The van der Waals surface area contributed by atoms with Crippen molar-refractivity contribution in [2.24, 2.45) is 0 Å². The third kappa shape index (κ3) is 5.53. The van der Waals surface area contributed by atoms with Gasteiger partial charge in [0.2, 0.25) is 0 Å². The molecule has 0 N–H and O–H groups in total. The van der Waals surface area contributed by atoms with Crippen LogP contribution in [-0.4, -0.2) is 50.0 Å². The summed E-state index contributed by atoms with van der Waals surface area (Å²) in [6.45, 7) is 5.36. The molecule has 4 rings (SSSR count). The average Bonchev–Trinajstić information content (AvgIpc) is 3.51. The van der Waals surface area contributed by atoms with E-state index in [1.54, 1.807) is 22.0 Å². The molecule has 4 aromatic rings. The Morgan fingerprint density at radius 1 is 1.09 bits per heavy atom. The molecule has 0 aliphatic heterocycles. The van der Waals surface area contributed by atoms with Gasteiger partial charge >= 0.3 is 0 Å². The Kier molecular flexibility index (Phi) is 7.26.